The van der Waals surface area contributed by atoms with E-state index in [4.69, 9.17) is 5.11 Å². The summed E-state index contributed by atoms with van der Waals surface area (Å²) in [4.78, 5) is 15.5. The average Bonchev–Trinajstić information content (AvgIpc) is 2.74. The molecular weight excluding hydrogens is 271 g/mol. The molecule has 0 amide bonds. The van der Waals surface area contributed by atoms with Crippen LogP contribution in [-0.4, -0.2) is 20.6 Å². The molecule has 3 rings (SSSR count). The summed E-state index contributed by atoms with van der Waals surface area (Å²) < 4.78 is 15.4. The van der Waals surface area contributed by atoms with Crippen LogP contribution in [0, 0.1) is 12.7 Å². The number of benzene rings is 2. The summed E-state index contributed by atoms with van der Waals surface area (Å²) >= 11 is 0. The van der Waals surface area contributed by atoms with Gasteiger partial charge in [-0.2, -0.15) is 0 Å². The molecule has 2 aromatic carbocycles. The van der Waals surface area contributed by atoms with E-state index in [1.54, 1.807) is 6.07 Å². The number of imidazole rings is 1. The van der Waals surface area contributed by atoms with Gasteiger partial charge in [-0.1, -0.05) is 0 Å². The van der Waals surface area contributed by atoms with Crippen molar-refractivity contribution in [3.05, 3.63) is 53.3 Å². The molecule has 4 nitrogen and oxygen atoms in total. The van der Waals surface area contributed by atoms with E-state index in [2.05, 4.69) is 4.98 Å². The average molecular weight is 284 g/mol. The number of nitrogens with zero attached hydrogens (tertiary/aromatic N) is 2. The van der Waals surface area contributed by atoms with E-state index >= 15 is 0 Å². The monoisotopic (exact) mass is 284 g/mol. The SMILES string of the molecule is Cc1cc(F)cc(-c2nc3cc(C(=O)O)ccc3n2C)c1. The third-order valence-electron chi connectivity index (χ3n) is 3.43. The Bertz CT molecular complexity index is 848. The number of hydrogen-bond donors (Lipinski definition) is 1. The van der Waals surface area contributed by atoms with E-state index in [1.807, 2.05) is 24.6 Å². The minimum atomic E-state index is -0.995. The van der Waals surface area contributed by atoms with Gasteiger partial charge >= 0.3 is 5.97 Å². The lowest BCUT2D eigenvalue weighted by Crippen LogP contribution is -1.96. The summed E-state index contributed by atoms with van der Waals surface area (Å²) in [6.45, 7) is 1.82. The number of carboxylic acid groups (broad SMARTS) is 1. The molecule has 0 aliphatic carbocycles. The molecule has 0 fully saturated rings. The van der Waals surface area contributed by atoms with Crippen LogP contribution in [0.3, 0.4) is 0 Å². The lowest BCUT2D eigenvalue weighted by Gasteiger charge is -2.04. The molecule has 0 atom stereocenters. The zero-order valence-electron chi connectivity index (χ0n) is 11.6. The highest BCUT2D eigenvalue weighted by molar-refractivity contribution is 5.93. The van der Waals surface area contributed by atoms with Crippen LogP contribution in [0.4, 0.5) is 4.39 Å². The zero-order valence-corrected chi connectivity index (χ0v) is 11.6. The predicted octanol–water partition coefficient (Wildman–Crippen LogP) is 3.39. The van der Waals surface area contributed by atoms with Gasteiger partial charge in [0.15, 0.2) is 0 Å². The summed E-state index contributed by atoms with van der Waals surface area (Å²) in [5.74, 6) is -0.705. The quantitative estimate of drug-likeness (QED) is 0.784. The number of aryl methyl sites for hydroxylation is 2. The fourth-order valence-corrected chi connectivity index (χ4v) is 2.46. The topological polar surface area (TPSA) is 55.1 Å². The van der Waals surface area contributed by atoms with Gasteiger partial charge in [-0.05, 0) is 48.9 Å². The highest BCUT2D eigenvalue weighted by Crippen LogP contribution is 2.25. The standard InChI is InChI=1S/C16H13FN2O2/c1-9-5-11(7-12(17)6-9)15-18-13-8-10(16(20)21)3-4-14(13)19(15)2/h3-8H,1-2H3,(H,20,21). The number of aromatic nitrogens is 2. The minimum Gasteiger partial charge on any atom is -0.478 e. The van der Waals surface area contributed by atoms with E-state index in [1.165, 1.54) is 24.3 Å². The van der Waals surface area contributed by atoms with Crippen molar-refractivity contribution in [3.8, 4) is 11.4 Å². The molecule has 0 unspecified atom stereocenters. The van der Waals surface area contributed by atoms with E-state index in [-0.39, 0.29) is 11.4 Å². The van der Waals surface area contributed by atoms with E-state index < -0.39 is 5.97 Å². The van der Waals surface area contributed by atoms with Gasteiger partial charge in [-0.3, -0.25) is 0 Å². The van der Waals surface area contributed by atoms with Crippen LogP contribution in [0.15, 0.2) is 36.4 Å². The van der Waals surface area contributed by atoms with Crippen molar-refractivity contribution in [2.45, 2.75) is 6.92 Å². The summed E-state index contributed by atoms with van der Waals surface area (Å²) in [5.41, 5.74) is 3.04. The van der Waals surface area contributed by atoms with Gasteiger partial charge in [-0.15, -0.1) is 0 Å². The van der Waals surface area contributed by atoms with E-state index in [0.29, 0.717) is 16.9 Å². The number of carbonyl (C=O) groups is 1. The number of hydrogen-bond acceptors (Lipinski definition) is 2. The molecule has 1 heterocycles. The molecule has 5 heteroatoms. The molecule has 0 saturated carbocycles. The maximum atomic E-state index is 13.6. The first kappa shape index (κ1) is 13.3. The second-order valence-electron chi connectivity index (χ2n) is 5.02. The lowest BCUT2D eigenvalue weighted by atomic mass is 10.1. The molecule has 1 aromatic heterocycles. The lowest BCUT2D eigenvalue weighted by molar-refractivity contribution is 0.0697. The van der Waals surface area contributed by atoms with Crippen LogP contribution in [0.2, 0.25) is 0 Å². The highest BCUT2D eigenvalue weighted by Gasteiger charge is 2.13. The number of rotatable bonds is 2. The van der Waals surface area contributed by atoms with Crippen LogP contribution >= 0.6 is 0 Å². The van der Waals surface area contributed by atoms with Crippen molar-refractivity contribution >= 4 is 17.0 Å². The Balaban J connectivity index is 2.23. The second-order valence-corrected chi connectivity index (χ2v) is 5.02. The normalized spacial score (nSPS) is 11.0. The van der Waals surface area contributed by atoms with Gasteiger partial charge in [0.05, 0.1) is 16.6 Å². The summed E-state index contributed by atoms with van der Waals surface area (Å²) in [6, 6.07) is 9.49. The number of aromatic carboxylic acids is 1. The molecule has 21 heavy (non-hydrogen) atoms. The first-order valence-corrected chi connectivity index (χ1v) is 6.43. The van der Waals surface area contributed by atoms with Crippen molar-refractivity contribution < 1.29 is 14.3 Å². The van der Waals surface area contributed by atoms with Gasteiger partial charge < -0.3 is 9.67 Å². The van der Waals surface area contributed by atoms with E-state index in [0.717, 1.165) is 11.1 Å². The molecule has 0 radical (unpaired) electrons. The summed E-state index contributed by atoms with van der Waals surface area (Å²) in [7, 11) is 1.82. The number of fused-ring (bicyclic) bond motifs is 1. The van der Waals surface area contributed by atoms with Crippen molar-refractivity contribution in [2.75, 3.05) is 0 Å². The molecule has 3 aromatic rings. The molecule has 0 saturated heterocycles. The van der Waals surface area contributed by atoms with Gasteiger partial charge in [-0.25, -0.2) is 14.2 Å². The first-order chi connectivity index (χ1) is 9.95. The Morgan fingerprint density at radius 3 is 2.67 bits per heavy atom. The Hall–Kier alpha value is -2.69. The molecule has 0 bridgehead atoms. The third-order valence-corrected chi connectivity index (χ3v) is 3.43. The Morgan fingerprint density at radius 2 is 2.00 bits per heavy atom. The maximum absolute atomic E-state index is 13.6. The Kier molecular flexibility index (Phi) is 2.97. The summed E-state index contributed by atoms with van der Waals surface area (Å²) in [5, 5.41) is 9.03. The van der Waals surface area contributed by atoms with Crippen LogP contribution < -0.4 is 0 Å². The number of carboxylic acids is 1. The Morgan fingerprint density at radius 1 is 1.24 bits per heavy atom. The largest absolute Gasteiger partial charge is 0.478 e. The number of halogens is 1. The maximum Gasteiger partial charge on any atom is 0.335 e. The van der Waals surface area contributed by atoms with Gasteiger partial charge in [0, 0.05) is 12.6 Å². The van der Waals surface area contributed by atoms with Crippen LogP contribution in [0.25, 0.3) is 22.4 Å². The molecule has 106 valence electrons. The van der Waals surface area contributed by atoms with Gasteiger partial charge in [0.1, 0.15) is 11.6 Å². The van der Waals surface area contributed by atoms with Crippen molar-refractivity contribution in [2.24, 2.45) is 7.05 Å². The molecule has 0 spiro atoms. The summed E-state index contributed by atoms with van der Waals surface area (Å²) in [6.07, 6.45) is 0. The molecule has 1 N–H and O–H groups in total. The smallest absolute Gasteiger partial charge is 0.335 e. The fourth-order valence-electron chi connectivity index (χ4n) is 2.46. The zero-order chi connectivity index (χ0) is 15.1. The minimum absolute atomic E-state index is 0.183. The van der Waals surface area contributed by atoms with Crippen LogP contribution in [0.5, 0.6) is 0 Å². The van der Waals surface area contributed by atoms with Crippen molar-refractivity contribution in [3.63, 3.8) is 0 Å². The van der Waals surface area contributed by atoms with E-state index in [9.17, 15) is 9.18 Å². The predicted molar refractivity (Wildman–Crippen MR) is 77.8 cm³/mol. The van der Waals surface area contributed by atoms with Crippen molar-refractivity contribution in [1.29, 1.82) is 0 Å². The highest BCUT2D eigenvalue weighted by atomic mass is 19.1. The fraction of sp³-hybridized carbons (Fsp3) is 0.125. The molecular formula is C16H13FN2O2. The van der Waals surface area contributed by atoms with Crippen LogP contribution in [-0.2, 0) is 7.05 Å². The van der Waals surface area contributed by atoms with Gasteiger partial charge in [0.25, 0.3) is 0 Å². The van der Waals surface area contributed by atoms with Crippen molar-refractivity contribution in [1.82, 2.24) is 9.55 Å². The third kappa shape index (κ3) is 2.27. The Labute approximate surface area is 120 Å². The van der Waals surface area contributed by atoms with Gasteiger partial charge in [0.2, 0.25) is 0 Å². The first-order valence-electron chi connectivity index (χ1n) is 6.43. The second kappa shape index (κ2) is 4.70. The van der Waals surface area contributed by atoms with Crippen LogP contribution in [0.1, 0.15) is 15.9 Å². The molecule has 0 aliphatic heterocycles. The molecule has 0 aliphatic rings.